The molecule has 8 nitrogen and oxygen atoms in total. The van der Waals surface area contributed by atoms with Crippen LogP contribution in [0.2, 0.25) is 0 Å². The molecule has 1 saturated heterocycles. The smallest absolute Gasteiger partial charge is 0.274 e. The number of amides is 2. The van der Waals surface area contributed by atoms with Gasteiger partial charge < -0.3 is 10.2 Å². The number of rotatable bonds is 5. The minimum Gasteiger partial charge on any atom is -0.337 e. The number of hydrogen-bond acceptors (Lipinski definition) is 5. The molecule has 4 rings (SSSR count). The maximum Gasteiger partial charge on any atom is 0.274 e. The summed E-state index contributed by atoms with van der Waals surface area (Å²) < 4.78 is 1.40. The monoisotopic (exact) mass is 433 g/mol. The van der Waals surface area contributed by atoms with E-state index < -0.39 is 0 Å². The third-order valence-corrected chi connectivity index (χ3v) is 5.68. The second kappa shape index (κ2) is 9.30. The number of pyridine rings is 1. The number of hydrogen-bond donors (Lipinski definition) is 1. The van der Waals surface area contributed by atoms with Crippen LogP contribution in [0.15, 0.2) is 53.5 Å². The number of benzene rings is 1. The highest BCUT2D eigenvalue weighted by molar-refractivity contribution is 6.05. The number of likely N-dealkylation sites (tertiary alicyclic amines) is 1. The molecule has 3 heterocycles. The number of carbonyl (C=O) groups is 2. The van der Waals surface area contributed by atoms with Gasteiger partial charge in [-0.05, 0) is 37.0 Å². The number of carbonyl (C=O) groups excluding carboxylic acids is 2. The number of nitrogens with zero attached hydrogens (tertiary/aromatic N) is 4. The minimum absolute atomic E-state index is 0.0788. The Morgan fingerprint density at radius 2 is 1.75 bits per heavy atom. The molecular formula is C24H27N5O3. The summed E-state index contributed by atoms with van der Waals surface area (Å²) in [6.45, 7) is 5.37. The van der Waals surface area contributed by atoms with Crippen LogP contribution in [0.25, 0.3) is 10.8 Å². The van der Waals surface area contributed by atoms with E-state index in [9.17, 15) is 14.4 Å². The second-order valence-electron chi connectivity index (χ2n) is 8.55. The van der Waals surface area contributed by atoms with Crippen molar-refractivity contribution >= 4 is 28.4 Å². The molecule has 2 amide bonds. The first-order chi connectivity index (χ1) is 15.4. The fourth-order valence-corrected chi connectivity index (χ4v) is 4.02. The Balaban J connectivity index is 1.51. The molecule has 2 aromatic heterocycles. The fraction of sp³-hybridized carbons (Fsp3) is 0.375. The average molecular weight is 434 g/mol. The van der Waals surface area contributed by atoms with Gasteiger partial charge in [0.15, 0.2) is 5.69 Å². The van der Waals surface area contributed by atoms with E-state index in [0.717, 1.165) is 0 Å². The maximum absolute atomic E-state index is 13.4. The van der Waals surface area contributed by atoms with Crippen molar-refractivity contribution in [3.63, 3.8) is 0 Å². The Morgan fingerprint density at radius 3 is 2.41 bits per heavy atom. The molecule has 0 unspecified atom stereocenters. The summed E-state index contributed by atoms with van der Waals surface area (Å²) in [7, 11) is 0. The van der Waals surface area contributed by atoms with Gasteiger partial charge in [0.1, 0.15) is 5.82 Å². The first-order valence-electron chi connectivity index (χ1n) is 10.9. The van der Waals surface area contributed by atoms with Crippen LogP contribution in [0.5, 0.6) is 0 Å². The lowest BCUT2D eigenvalue weighted by molar-refractivity contribution is -0.121. The molecule has 32 heavy (non-hydrogen) atoms. The van der Waals surface area contributed by atoms with Gasteiger partial charge in [0, 0.05) is 37.1 Å². The minimum atomic E-state index is -0.206. The van der Waals surface area contributed by atoms with Gasteiger partial charge in [-0.15, -0.1) is 0 Å². The Labute approximate surface area is 186 Å². The Morgan fingerprint density at radius 1 is 1.06 bits per heavy atom. The zero-order chi connectivity index (χ0) is 22.7. The standard InChI is InChI=1S/C24H27N5O3/c1-16(2)15-29-23(31)19-8-4-3-7-18(19)21(27-29)24(32)28-13-10-17(11-14-28)22(30)26-20-9-5-6-12-25-20/h3-9,12,16-17H,10-11,13-15H2,1-2H3,(H,25,26,30). The van der Waals surface area contributed by atoms with Crippen LogP contribution in [0, 0.1) is 11.8 Å². The largest absolute Gasteiger partial charge is 0.337 e. The second-order valence-corrected chi connectivity index (χ2v) is 8.55. The van der Waals surface area contributed by atoms with E-state index in [4.69, 9.17) is 0 Å². The van der Waals surface area contributed by atoms with Gasteiger partial charge in [-0.1, -0.05) is 38.1 Å². The van der Waals surface area contributed by atoms with Crippen molar-refractivity contribution in [2.45, 2.75) is 33.2 Å². The Kier molecular flexibility index (Phi) is 6.30. The van der Waals surface area contributed by atoms with Crippen LogP contribution in [0.4, 0.5) is 5.82 Å². The van der Waals surface area contributed by atoms with Gasteiger partial charge >= 0.3 is 0 Å². The van der Waals surface area contributed by atoms with Crippen molar-refractivity contribution in [1.82, 2.24) is 19.7 Å². The molecule has 166 valence electrons. The van der Waals surface area contributed by atoms with E-state index in [2.05, 4.69) is 15.4 Å². The molecule has 1 aliphatic rings. The maximum atomic E-state index is 13.4. The molecule has 1 aliphatic heterocycles. The van der Waals surface area contributed by atoms with Crippen LogP contribution < -0.4 is 10.9 Å². The topological polar surface area (TPSA) is 97.2 Å². The third kappa shape index (κ3) is 4.54. The molecule has 1 fully saturated rings. The Bertz CT molecular complexity index is 1180. The molecule has 0 spiro atoms. The highest BCUT2D eigenvalue weighted by Gasteiger charge is 2.30. The SMILES string of the molecule is CC(C)Cn1nc(C(=O)N2CCC(C(=O)Nc3ccccn3)CC2)c2ccccc2c1=O. The zero-order valence-electron chi connectivity index (χ0n) is 18.3. The van der Waals surface area contributed by atoms with E-state index in [1.807, 2.05) is 19.9 Å². The van der Waals surface area contributed by atoms with Gasteiger partial charge in [-0.25, -0.2) is 9.67 Å². The molecule has 0 radical (unpaired) electrons. The quantitative estimate of drug-likeness (QED) is 0.667. The zero-order valence-corrected chi connectivity index (χ0v) is 18.3. The van der Waals surface area contributed by atoms with Crippen LogP contribution in [0.3, 0.4) is 0 Å². The van der Waals surface area contributed by atoms with Crippen LogP contribution in [-0.2, 0) is 11.3 Å². The van der Waals surface area contributed by atoms with Crippen molar-refractivity contribution in [3.8, 4) is 0 Å². The van der Waals surface area contributed by atoms with Crippen LogP contribution >= 0.6 is 0 Å². The van der Waals surface area contributed by atoms with Crippen molar-refractivity contribution in [2.24, 2.45) is 11.8 Å². The number of anilines is 1. The normalized spacial score (nSPS) is 14.7. The van der Waals surface area contributed by atoms with E-state index in [1.54, 1.807) is 47.5 Å². The van der Waals surface area contributed by atoms with Crippen LogP contribution in [0.1, 0.15) is 37.2 Å². The summed E-state index contributed by atoms with van der Waals surface area (Å²) in [5.41, 5.74) is 0.105. The average Bonchev–Trinajstić information content (AvgIpc) is 2.81. The van der Waals surface area contributed by atoms with E-state index in [1.165, 1.54) is 4.68 Å². The van der Waals surface area contributed by atoms with E-state index in [-0.39, 0.29) is 34.9 Å². The van der Waals surface area contributed by atoms with E-state index >= 15 is 0 Å². The van der Waals surface area contributed by atoms with Crippen molar-refractivity contribution in [3.05, 3.63) is 64.7 Å². The number of fused-ring (bicyclic) bond motifs is 1. The first kappa shape index (κ1) is 21.7. The van der Waals surface area contributed by atoms with Gasteiger partial charge in [-0.3, -0.25) is 14.4 Å². The molecule has 1 aromatic carbocycles. The predicted molar refractivity (Wildman–Crippen MR) is 122 cm³/mol. The summed E-state index contributed by atoms with van der Waals surface area (Å²) in [4.78, 5) is 44.6. The van der Waals surface area contributed by atoms with Crippen LogP contribution in [-0.4, -0.2) is 44.6 Å². The molecule has 0 aliphatic carbocycles. The fourth-order valence-electron chi connectivity index (χ4n) is 4.02. The highest BCUT2D eigenvalue weighted by Crippen LogP contribution is 2.22. The van der Waals surface area contributed by atoms with E-state index in [0.29, 0.717) is 49.1 Å². The number of aromatic nitrogens is 3. The Hall–Kier alpha value is -3.55. The third-order valence-electron chi connectivity index (χ3n) is 5.68. The van der Waals surface area contributed by atoms with Gasteiger partial charge in [0.05, 0.1) is 5.39 Å². The lowest BCUT2D eigenvalue weighted by Crippen LogP contribution is -2.42. The lowest BCUT2D eigenvalue weighted by Gasteiger charge is -2.31. The van der Waals surface area contributed by atoms with Gasteiger partial charge in [0.25, 0.3) is 11.5 Å². The molecule has 1 N–H and O–H groups in total. The lowest BCUT2D eigenvalue weighted by atomic mass is 9.95. The van der Waals surface area contributed by atoms with Crippen molar-refractivity contribution in [1.29, 1.82) is 0 Å². The summed E-state index contributed by atoms with van der Waals surface area (Å²) in [6, 6.07) is 12.5. The molecule has 8 heteroatoms. The number of nitrogens with one attached hydrogen (secondary N) is 1. The molecule has 0 bridgehead atoms. The summed E-state index contributed by atoms with van der Waals surface area (Å²) in [5, 5.41) is 8.35. The van der Waals surface area contributed by atoms with Crippen molar-refractivity contribution in [2.75, 3.05) is 18.4 Å². The highest BCUT2D eigenvalue weighted by atomic mass is 16.2. The van der Waals surface area contributed by atoms with Crippen molar-refractivity contribution < 1.29 is 9.59 Å². The predicted octanol–water partition coefficient (Wildman–Crippen LogP) is 2.94. The molecular weight excluding hydrogens is 406 g/mol. The number of piperidine rings is 1. The molecule has 3 aromatic rings. The summed E-state index contributed by atoms with van der Waals surface area (Å²) in [5.74, 6) is 0.282. The molecule has 0 saturated carbocycles. The first-order valence-corrected chi connectivity index (χ1v) is 10.9. The summed E-state index contributed by atoms with van der Waals surface area (Å²) >= 11 is 0. The van der Waals surface area contributed by atoms with Gasteiger partial charge in [0.2, 0.25) is 5.91 Å². The molecule has 0 atom stereocenters. The van der Waals surface area contributed by atoms with Gasteiger partial charge in [-0.2, -0.15) is 5.10 Å². The summed E-state index contributed by atoms with van der Waals surface area (Å²) in [6.07, 6.45) is 2.76.